The summed E-state index contributed by atoms with van der Waals surface area (Å²) in [6.45, 7) is 0. The number of nitrogens with zero attached hydrogens (tertiary/aromatic N) is 2. The zero-order valence-electron chi connectivity index (χ0n) is 10.2. The van der Waals surface area contributed by atoms with Gasteiger partial charge in [0, 0.05) is 17.7 Å². The standard InChI is InChI=1S/C12H14N2O3S/c1-14-10-4-3-8(18-6-5-11(15)16)7-9(10)12(13-14)17-2/h3-4,7H,5-6H2,1-2H3,(H,15,16). The van der Waals surface area contributed by atoms with E-state index in [1.165, 1.54) is 11.8 Å². The number of carboxylic acid groups (broad SMARTS) is 1. The number of rotatable bonds is 5. The molecule has 0 unspecified atom stereocenters. The van der Waals surface area contributed by atoms with Crippen molar-refractivity contribution in [3.05, 3.63) is 18.2 Å². The molecule has 1 N–H and O–H groups in total. The number of ether oxygens (including phenoxy) is 1. The predicted molar refractivity (Wildman–Crippen MR) is 70.2 cm³/mol. The first-order valence-corrected chi connectivity index (χ1v) is 6.45. The monoisotopic (exact) mass is 266 g/mol. The lowest BCUT2D eigenvalue weighted by atomic mass is 10.2. The van der Waals surface area contributed by atoms with Crippen molar-refractivity contribution in [2.24, 2.45) is 7.05 Å². The first kappa shape index (κ1) is 12.8. The van der Waals surface area contributed by atoms with Crippen molar-refractivity contribution in [3.63, 3.8) is 0 Å². The normalized spacial score (nSPS) is 10.8. The van der Waals surface area contributed by atoms with Crippen LogP contribution in [0.4, 0.5) is 0 Å². The third kappa shape index (κ3) is 2.59. The topological polar surface area (TPSA) is 64.4 Å². The predicted octanol–water partition coefficient (Wildman–Crippen LogP) is 2.15. The van der Waals surface area contributed by atoms with Crippen molar-refractivity contribution < 1.29 is 14.6 Å². The number of benzene rings is 1. The Kier molecular flexibility index (Phi) is 3.76. The molecule has 18 heavy (non-hydrogen) atoms. The van der Waals surface area contributed by atoms with Gasteiger partial charge in [-0.25, -0.2) is 0 Å². The second kappa shape index (κ2) is 5.30. The van der Waals surface area contributed by atoms with Crippen molar-refractivity contribution in [2.45, 2.75) is 11.3 Å². The molecule has 2 aromatic rings. The van der Waals surface area contributed by atoms with Gasteiger partial charge in [0.05, 0.1) is 24.4 Å². The van der Waals surface area contributed by atoms with Crippen LogP contribution in [0.5, 0.6) is 5.88 Å². The van der Waals surface area contributed by atoms with Gasteiger partial charge in [-0.15, -0.1) is 16.9 Å². The zero-order valence-corrected chi connectivity index (χ0v) is 11.0. The Balaban J connectivity index is 2.23. The minimum absolute atomic E-state index is 0.160. The molecule has 1 aromatic carbocycles. The molecule has 1 heterocycles. The molecule has 0 amide bonds. The number of hydrogen-bond acceptors (Lipinski definition) is 4. The Bertz CT molecular complexity index is 580. The lowest BCUT2D eigenvalue weighted by Crippen LogP contribution is -1.95. The lowest BCUT2D eigenvalue weighted by Gasteiger charge is -2.01. The average Bonchev–Trinajstić information content (AvgIpc) is 2.65. The molecular formula is C12H14N2O3S. The Morgan fingerprint density at radius 3 is 3.00 bits per heavy atom. The fourth-order valence-corrected chi connectivity index (χ4v) is 2.59. The van der Waals surface area contributed by atoms with Crippen LogP contribution in [0, 0.1) is 0 Å². The van der Waals surface area contributed by atoms with Crippen LogP contribution >= 0.6 is 11.8 Å². The quantitative estimate of drug-likeness (QED) is 0.840. The van der Waals surface area contributed by atoms with E-state index in [1.807, 2.05) is 25.2 Å². The maximum Gasteiger partial charge on any atom is 0.304 e. The molecule has 96 valence electrons. The molecule has 0 aliphatic heterocycles. The summed E-state index contributed by atoms with van der Waals surface area (Å²) in [5.74, 6) is 0.374. The molecule has 0 radical (unpaired) electrons. The molecule has 1 aromatic heterocycles. The number of aliphatic carboxylic acids is 1. The average molecular weight is 266 g/mol. The summed E-state index contributed by atoms with van der Waals surface area (Å²) in [5.41, 5.74) is 0.995. The Morgan fingerprint density at radius 2 is 2.33 bits per heavy atom. The Morgan fingerprint density at radius 1 is 1.56 bits per heavy atom. The van der Waals surface area contributed by atoms with Crippen molar-refractivity contribution in [1.82, 2.24) is 9.78 Å². The molecule has 5 nitrogen and oxygen atoms in total. The first-order valence-electron chi connectivity index (χ1n) is 5.47. The highest BCUT2D eigenvalue weighted by Gasteiger charge is 2.09. The molecule has 0 bridgehead atoms. The largest absolute Gasteiger partial charge is 0.481 e. The lowest BCUT2D eigenvalue weighted by molar-refractivity contribution is -0.136. The van der Waals surface area contributed by atoms with E-state index in [2.05, 4.69) is 5.10 Å². The molecule has 0 aliphatic rings. The summed E-state index contributed by atoms with van der Waals surface area (Å²) in [4.78, 5) is 11.5. The summed E-state index contributed by atoms with van der Waals surface area (Å²) >= 11 is 1.52. The zero-order chi connectivity index (χ0) is 13.1. The fourth-order valence-electron chi connectivity index (χ4n) is 1.71. The van der Waals surface area contributed by atoms with E-state index in [0.717, 1.165) is 15.8 Å². The van der Waals surface area contributed by atoms with E-state index in [0.29, 0.717) is 11.6 Å². The summed E-state index contributed by atoms with van der Waals surface area (Å²) < 4.78 is 6.97. The van der Waals surface area contributed by atoms with Gasteiger partial charge < -0.3 is 9.84 Å². The number of carboxylic acids is 1. The molecule has 6 heteroatoms. The van der Waals surface area contributed by atoms with Gasteiger partial charge in [-0.3, -0.25) is 9.48 Å². The second-order valence-corrected chi connectivity index (χ2v) is 4.97. The van der Waals surface area contributed by atoms with E-state index < -0.39 is 5.97 Å². The first-order chi connectivity index (χ1) is 8.61. The Labute approximate surface area is 109 Å². The van der Waals surface area contributed by atoms with Crippen LogP contribution in [-0.2, 0) is 11.8 Å². The second-order valence-electron chi connectivity index (χ2n) is 3.80. The molecule has 0 atom stereocenters. The van der Waals surface area contributed by atoms with E-state index >= 15 is 0 Å². The van der Waals surface area contributed by atoms with Crippen LogP contribution < -0.4 is 4.74 Å². The summed E-state index contributed by atoms with van der Waals surface area (Å²) in [7, 11) is 3.45. The molecule has 0 aliphatic carbocycles. The summed E-state index contributed by atoms with van der Waals surface area (Å²) in [5, 5.41) is 13.8. The van der Waals surface area contributed by atoms with Gasteiger partial charge in [-0.05, 0) is 18.2 Å². The third-order valence-corrected chi connectivity index (χ3v) is 3.56. The van der Waals surface area contributed by atoms with Gasteiger partial charge in [-0.2, -0.15) is 0 Å². The van der Waals surface area contributed by atoms with Gasteiger partial charge in [0.25, 0.3) is 0 Å². The minimum atomic E-state index is -0.775. The van der Waals surface area contributed by atoms with Crippen LogP contribution in [0.2, 0.25) is 0 Å². The van der Waals surface area contributed by atoms with Gasteiger partial charge >= 0.3 is 5.97 Å². The van der Waals surface area contributed by atoms with Crippen LogP contribution in [-0.4, -0.2) is 33.7 Å². The number of fused-ring (bicyclic) bond motifs is 1. The van der Waals surface area contributed by atoms with E-state index in [9.17, 15) is 4.79 Å². The summed E-state index contributed by atoms with van der Waals surface area (Å²) in [6.07, 6.45) is 0.160. The van der Waals surface area contributed by atoms with Crippen LogP contribution in [0.3, 0.4) is 0 Å². The molecule has 0 saturated heterocycles. The van der Waals surface area contributed by atoms with Crippen molar-refractivity contribution in [1.29, 1.82) is 0 Å². The van der Waals surface area contributed by atoms with Crippen molar-refractivity contribution >= 4 is 28.6 Å². The Hall–Kier alpha value is -1.69. The highest BCUT2D eigenvalue weighted by atomic mass is 32.2. The molecule has 0 saturated carbocycles. The maximum atomic E-state index is 10.5. The number of carbonyl (C=O) groups is 1. The van der Waals surface area contributed by atoms with Crippen LogP contribution in [0.1, 0.15) is 6.42 Å². The van der Waals surface area contributed by atoms with Gasteiger partial charge in [0.15, 0.2) is 0 Å². The smallest absolute Gasteiger partial charge is 0.304 e. The molecule has 0 fully saturated rings. The van der Waals surface area contributed by atoms with Crippen molar-refractivity contribution in [3.8, 4) is 5.88 Å². The van der Waals surface area contributed by atoms with Gasteiger partial charge in [0.1, 0.15) is 0 Å². The number of thioether (sulfide) groups is 1. The van der Waals surface area contributed by atoms with Crippen LogP contribution in [0.25, 0.3) is 10.9 Å². The van der Waals surface area contributed by atoms with Gasteiger partial charge in [-0.1, -0.05) is 0 Å². The number of methoxy groups -OCH3 is 1. The highest BCUT2D eigenvalue weighted by molar-refractivity contribution is 7.99. The van der Waals surface area contributed by atoms with E-state index in [-0.39, 0.29) is 6.42 Å². The SMILES string of the molecule is COc1nn(C)c2ccc(SCCC(=O)O)cc12. The third-order valence-electron chi connectivity index (χ3n) is 2.57. The van der Waals surface area contributed by atoms with Crippen LogP contribution in [0.15, 0.2) is 23.1 Å². The number of hydrogen-bond donors (Lipinski definition) is 1. The molecular weight excluding hydrogens is 252 g/mol. The fraction of sp³-hybridized carbons (Fsp3) is 0.333. The van der Waals surface area contributed by atoms with Crippen molar-refractivity contribution in [2.75, 3.05) is 12.9 Å². The number of aryl methyl sites for hydroxylation is 1. The van der Waals surface area contributed by atoms with E-state index in [4.69, 9.17) is 9.84 Å². The molecule has 2 rings (SSSR count). The number of aromatic nitrogens is 2. The minimum Gasteiger partial charge on any atom is -0.481 e. The van der Waals surface area contributed by atoms with E-state index in [1.54, 1.807) is 11.8 Å². The maximum absolute atomic E-state index is 10.5. The molecule has 0 spiro atoms. The summed E-state index contributed by atoms with van der Waals surface area (Å²) in [6, 6.07) is 5.91. The highest BCUT2D eigenvalue weighted by Crippen LogP contribution is 2.29. The van der Waals surface area contributed by atoms with Gasteiger partial charge in [0.2, 0.25) is 5.88 Å².